The molecule has 3 aromatic carbocycles. The minimum Gasteiger partial charge on any atom is -0.508 e. The Kier molecular flexibility index (Phi) is 56.7. The van der Waals surface area contributed by atoms with Crippen LogP contribution in [0.1, 0.15) is 242 Å². The lowest BCUT2D eigenvalue weighted by atomic mass is 9.85. The molecule has 0 saturated carbocycles. The van der Waals surface area contributed by atoms with Gasteiger partial charge >= 0.3 is 5.97 Å². The number of nitrogens with one attached hydrogen (secondary N) is 17. The van der Waals surface area contributed by atoms with Crippen molar-refractivity contribution in [1.82, 2.24) is 95.6 Å². The number of aliphatic carboxylic acids is 1. The second kappa shape index (κ2) is 66.1. The molecule has 1 aliphatic heterocycles. The third-order valence-corrected chi connectivity index (χ3v) is 26.5. The Morgan fingerprint density at radius 1 is 0.527 bits per heavy atom. The number of hydrogen-bond donors (Lipinski definition) is 22. The number of phenols is 1. The van der Waals surface area contributed by atoms with Crippen molar-refractivity contribution in [2.24, 2.45) is 23.3 Å². The number of fused-ring (bicyclic) bond motifs is 1. The number of para-hydroxylation sites is 1. The number of nitrogens with zero attached hydrogens (tertiary/aromatic N) is 1. The molecule has 6 amide bonds. The molecule has 0 spiro atoms. The molecule has 0 saturated heterocycles. The number of hydrogen-bond acceptors (Lipinski definition) is 35. The maximum absolute atomic E-state index is 15.7. The lowest BCUT2D eigenvalue weighted by Crippen LogP contribution is -2.65. The molecule has 0 radical (unpaired) electrons. The number of aromatic nitrogens is 1. The summed E-state index contributed by atoms with van der Waals surface area (Å²) in [7, 11) is 1.60. The Balaban J connectivity index is 1.45. The number of carboxylic acid groups (broad SMARTS) is 1. The number of aromatic hydroxyl groups is 1. The largest absolute Gasteiger partial charge is 0.508 e. The van der Waals surface area contributed by atoms with Crippen LogP contribution in [-0.2, 0) is 115 Å². The highest BCUT2D eigenvalue weighted by molar-refractivity contribution is 6.43. The van der Waals surface area contributed by atoms with E-state index in [-0.39, 0.29) is 176 Å². The topological polar surface area (TPSA) is 666 Å². The lowest BCUT2D eigenvalue weighted by molar-refractivity contribution is -0.144. The number of phenolic OH excluding ortho intramolecular Hbond substituents is 1. The molecule has 1 aliphatic rings. The van der Waals surface area contributed by atoms with Crippen LogP contribution in [-0.4, -0.2) is 303 Å². The monoisotopic (exact) mass is 2100 g/mol. The molecule has 17 atom stereocenters. The first kappa shape index (κ1) is 129. The summed E-state index contributed by atoms with van der Waals surface area (Å²) in [6.07, 6.45) is 3.53. The van der Waals surface area contributed by atoms with E-state index in [1.54, 1.807) is 123 Å². The van der Waals surface area contributed by atoms with Crippen LogP contribution in [0.5, 0.6) is 5.75 Å². The van der Waals surface area contributed by atoms with Gasteiger partial charge in [-0.2, -0.15) is 0 Å². The van der Waals surface area contributed by atoms with E-state index in [1.807, 2.05) is 26.0 Å². The molecular formula is C107H164N20O23. The number of rotatable bonds is 55. The molecule has 2 heterocycles. The first-order valence-corrected chi connectivity index (χ1v) is 52.1. The molecule has 0 bridgehead atoms. The first-order chi connectivity index (χ1) is 70.8. The Morgan fingerprint density at radius 2 is 1.07 bits per heavy atom. The summed E-state index contributed by atoms with van der Waals surface area (Å²) >= 11 is 0. The molecule has 0 unspecified atom stereocenters. The van der Waals surface area contributed by atoms with Gasteiger partial charge in [0.15, 0.2) is 52.0 Å². The number of benzene rings is 3. The summed E-state index contributed by atoms with van der Waals surface area (Å²) in [5.41, 5.74) is 26.9. The molecule has 5 rings (SSSR count). The Bertz CT molecular complexity index is 5210. The van der Waals surface area contributed by atoms with Gasteiger partial charge in [-0.3, -0.25) is 101 Å². The quantitative estimate of drug-likeness (QED) is 0.0129. The van der Waals surface area contributed by atoms with E-state index in [0.29, 0.717) is 66.1 Å². The summed E-state index contributed by atoms with van der Waals surface area (Å²) in [5, 5.41) is 61.2. The van der Waals surface area contributed by atoms with Gasteiger partial charge in [0.05, 0.1) is 110 Å². The van der Waals surface area contributed by atoms with Gasteiger partial charge in [0.2, 0.25) is 58.6 Å². The number of nitrogens with two attached hydrogens (primary N) is 2. The van der Waals surface area contributed by atoms with Gasteiger partial charge in [0.25, 0.3) is 0 Å². The van der Waals surface area contributed by atoms with Crippen LogP contribution in [0.15, 0.2) is 97.2 Å². The number of likely N-dealkylation sites (N-methyl/N-ethyl adjacent to an activating group) is 1. The highest BCUT2D eigenvalue weighted by atomic mass is 16.4. The van der Waals surface area contributed by atoms with Crippen LogP contribution in [0.4, 0.5) is 0 Å². The van der Waals surface area contributed by atoms with E-state index in [0.717, 1.165) is 0 Å². The minimum absolute atomic E-state index is 0.00663. The number of aliphatic hydroxyl groups is 1. The van der Waals surface area contributed by atoms with Gasteiger partial charge in [-0.15, -0.1) is 0 Å². The zero-order chi connectivity index (χ0) is 112. The number of carbonyl (C=O) groups excluding carboxylic acids is 19. The summed E-state index contributed by atoms with van der Waals surface area (Å²) in [6, 6.07) is 4.62. The fraction of sp³-hybridized carbons (Fsp3) is 0.607. The number of carbonyl (C=O) groups is 20. The SMILES string of the molecule is CC(=O)N[C@@H](CC(C)C)C(=O)N[C@H](C(=O)C(=O)[C@H](Cc1ccccc1)NN[C@]1(C)CCCCCCC=CCCC[C@@](C)(C(=O)CN[C@@H](C)C(=O)CCN[C@@H](C)C(=O)CCN[C@@H](C)C(=O)CCN[C@@H](C)C(=O)CCN[C@@H](C)C(=O)CN(C)CC(N)=O)NC(=O)[C@H](CC(C)C)NN[C@@H](CCC(N)=O)C(=O)CN[C@@H](C)C(=O)CC(=O)[C@H](Cc2c[nH]c3ccccc23)NN[C@@H](Cc2ccc(O)cc2)C(=O)N[C@@H](CCC(=O)O)C(=O)C1=O)[C@@H](C)O. The number of Topliss-reactive ketones (excluding diaryl/α,β-unsaturated/α-hetero) is 13. The molecule has 24 N–H and O–H groups in total. The van der Waals surface area contributed by atoms with Gasteiger partial charge in [0, 0.05) is 88.7 Å². The summed E-state index contributed by atoms with van der Waals surface area (Å²) in [6.45, 7) is 21.9. The Morgan fingerprint density at radius 3 is 1.63 bits per heavy atom. The van der Waals surface area contributed by atoms with E-state index >= 15 is 19.2 Å². The molecule has 43 nitrogen and oxygen atoms in total. The number of aliphatic hydroxyl groups excluding tert-OH is 1. The number of allylic oxidation sites excluding steroid dienone is 2. The van der Waals surface area contributed by atoms with Crippen molar-refractivity contribution in [2.75, 3.05) is 59.4 Å². The van der Waals surface area contributed by atoms with E-state index in [9.17, 15) is 92.0 Å². The van der Waals surface area contributed by atoms with Gasteiger partial charge in [-0.1, -0.05) is 120 Å². The Labute approximate surface area is 878 Å². The van der Waals surface area contributed by atoms with Gasteiger partial charge in [0.1, 0.15) is 29.9 Å². The fourth-order valence-corrected chi connectivity index (χ4v) is 17.0. The summed E-state index contributed by atoms with van der Waals surface area (Å²) < 4.78 is 0. The van der Waals surface area contributed by atoms with Gasteiger partial charge < -0.3 is 84.9 Å². The smallest absolute Gasteiger partial charge is 0.303 e. The van der Waals surface area contributed by atoms with E-state index in [1.165, 1.54) is 56.9 Å². The van der Waals surface area contributed by atoms with Gasteiger partial charge in [-0.25, -0.2) is 32.6 Å². The van der Waals surface area contributed by atoms with E-state index in [4.69, 9.17) is 11.5 Å². The fourth-order valence-electron chi connectivity index (χ4n) is 17.0. The van der Waals surface area contributed by atoms with Crippen molar-refractivity contribution >= 4 is 127 Å². The zero-order valence-corrected chi connectivity index (χ0v) is 89.6. The molecule has 0 aliphatic carbocycles. The van der Waals surface area contributed by atoms with Gasteiger partial charge in [-0.05, 0) is 200 Å². The van der Waals surface area contributed by atoms with Crippen LogP contribution in [0, 0.1) is 11.8 Å². The second-order valence-corrected chi connectivity index (χ2v) is 40.7. The second-order valence-electron chi connectivity index (χ2n) is 40.7. The molecular weight excluding hydrogens is 1930 g/mol. The molecule has 830 valence electrons. The number of ketones is 13. The standard InChI is InChI=1S/C107H164N20O23/c1-63(2)52-83(117-72(12)129)103(148)119-98(71(11)128)101(146)99(144)82(54-73-30-24-23-25-31-73)125-126-107(14)47-29-22-20-18-16-17-19-21-28-46-106(13,94(139)60-115-68(8)89(134)45-50-112-66(6)87(132)43-48-110-65(5)86(131)42-49-111-67(7)88(133)44-51-113-70(10)93(138)61-127(15)62-96(109)141)120-105(150)84(53-64(3)4)123-121-79(38-40-95(108)140)92(137)59-114-69(9)90(135)57-91(136)81(56-75-58-116-78-33-27-26-32-77(75)78)122-124-85(55-74-34-36-76(130)37-35-74)104(149)118-80(39-41-97(142)143)100(145)102(107)147/h17,19,23-27,30-37,58,63-71,79-85,98,110-116,121-126,128,130H,16,18,20-22,28-29,38-57,59-62H2,1-15H3,(H2,108,140)(H2,109,141)(H,117,129)(H,118,149)(H,119,148)(H,120,150)(H,142,143)/t65-,66-,67-,68-,69-,70-,71+,79-,80-,81-,82-,83-,84-,85-,98-,106-,107+/m0/s1. The lowest BCUT2D eigenvalue weighted by Gasteiger charge is -2.33. The first-order valence-electron chi connectivity index (χ1n) is 52.1. The maximum atomic E-state index is 15.7. The van der Waals surface area contributed by atoms with Crippen molar-refractivity contribution < 1.29 is 111 Å². The number of carboxylic acids is 1. The maximum Gasteiger partial charge on any atom is 0.303 e. The number of amides is 6. The van der Waals surface area contributed by atoms with Crippen LogP contribution >= 0.6 is 0 Å². The van der Waals surface area contributed by atoms with Crippen molar-refractivity contribution in [3.63, 3.8) is 0 Å². The molecule has 43 heteroatoms. The third kappa shape index (κ3) is 46.6. The Hall–Kier alpha value is -11.8. The highest BCUT2D eigenvalue weighted by Crippen LogP contribution is 2.25. The number of primary amides is 2. The third-order valence-electron chi connectivity index (χ3n) is 26.5. The summed E-state index contributed by atoms with van der Waals surface area (Å²) in [4.78, 5) is 283. The molecule has 1 aromatic heterocycles. The molecule has 0 fully saturated rings. The predicted octanol–water partition coefficient (Wildman–Crippen LogP) is 1.45. The highest BCUT2D eigenvalue weighted by Gasteiger charge is 2.45. The summed E-state index contributed by atoms with van der Waals surface area (Å²) in [5.74, 6) is -14.9. The van der Waals surface area contributed by atoms with E-state index < -0.39 is 222 Å². The number of aromatic amines is 1. The van der Waals surface area contributed by atoms with Crippen molar-refractivity contribution in [2.45, 2.75) is 346 Å². The predicted molar refractivity (Wildman–Crippen MR) is 564 cm³/mol. The average molecular weight is 2100 g/mol. The molecule has 150 heavy (non-hydrogen) atoms. The number of hydrazine groups is 3. The average Bonchev–Trinajstić information content (AvgIpc) is 1.07. The number of H-pyrrole nitrogens is 1. The van der Waals surface area contributed by atoms with Crippen molar-refractivity contribution in [3.8, 4) is 5.75 Å². The normalized spacial score (nSPS) is 21.3. The van der Waals surface area contributed by atoms with Crippen molar-refractivity contribution in [1.29, 1.82) is 0 Å². The van der Waals surface area contributed by atoms with E-state index in [2.05, 4.69) is 90.7 Å². The zero-order valence-electron chi connectivity index (χ0n) is 89.6. The van der Waals surface area contributed by atoms with Crippen molar-refractivity contribution in [3.05, 3.63) is 114 Å². The minimum atomic E-state index is -2.09. The van der Waals surface area contributed by atoms with Crippen LogP contribution in [0.3, 0.4) is 0 Å². The van der Waals surface area contributed by atoms with Crippen LogP contribution in [0.25, 0.3) is 10.9 Å². The molecule has 4 aromatic rings. The van der Waals surface area contributed by atoms with Crippen LogP contribution in [0.2, 0.25) is 0 Å². The van der Waals surface area contributed by atoms with Crippen LogP contribution < -0.4 is 97.2 Å².